The van der Waals surface area contributed by atoms with Crippen LogP contribution in [0, 0.1) is 0 Å². The van der Waals surface area contributed by atoms with E-state index in [9.17, 15) is 9.90 Å². The molecule has 19 heavy (non-hydrogen) atoms. The summed E-state index contributed by atoms with van der Waals surface area (Å²) >= 11 is 0. The summed E-state index contributed by atoms with van der Waals surface area (Å²) in [5, 5.41) is 10.1. The standard InChI is InChI=1S/C14H28O4Si/c1-10(15)17-12-7-11(16)8-13(9-12)18-19(5,6)14(2,3)4/h11-13,16H,7-9H2,1-6H3/t11-,12-,13-/m1/s1. The molecule has 0 unspecified atom stereocenters. The molecule has 0 spiro atoms. The lowest BCUT2D eigenvalue weighted by molar-refractivity contribution is -0.151. The summed E-state index contributed by atoms with van der Waals surface area (Å²) < 4.78 is 11.5. The molecule has 5 heteroatoms. The molecule has 1 rings (SSSR count). The minimum atomic E-state index is -1.84. The number of aliphatic hydroxyl groups is 1. The minimum Gasteiger partial charge on any atom is -0.462 e. The molecule has 1 fully saturated rings. The number of esters is 1. The number of rotatable bonds is 3. The van der Waals surface area contributed by atoms with Crippen LogP contribution < -0.4 is 0 Å². The van der Waals surface area contributed by atoms with Crippen LogP contribution in [0.3, 0.4) is 0 Å². The van der Waals surface area contributed by atoms with E-state index in [-0.39, 0.29) is 23.2 Å². The highest BCUT2D eigenvalue weighted by Crippen LogP contribution is 2.39. The third-order valence-electron chi connectivity index (χ3n) is 4.20. The van der Waals surface area contributed by atoms with Gasteiger partial charge in [0.25, 0.3) is 0 Å². The van der Waals surface area contributed by atoms with Gasteiger partial charge >= 0.3 is 5.97 Å². The second kappa shape index (κ2) is 5.93. The Kier molecular flexibility index (Phi) is 5.20. The number of carbonyl (C=O) groups excluding carboxylic acids is 1. The van der Waals surface area contributed by atoms with Crippen LogP contribution >= 0.6 is 0 Å². The number of hydrogen-bond acceptors (Lipinski definition) is 4. The van der Waals surface area contributed by atoms with Crippen molar-refractivity contribution in [2.24, 2.45) is 0 Å². The highest BCUT2D eigenvalue weighted by atomic mass is 28.4. The van der Waals surface area contributed by atoms with Crippen LogP contribution in [-0.2, 0) is 14.0 Å². The molecule has 1 aliphatic rings. The van der Waals surface area contributed by atoms with Gasteiger partial charge in [0.2, 0.25) is 0 Å². The summed E-state index contributed by atoms with van der Waals surface area (Å²) in [4.78, 5) is 11.0. The largest absolute Gasteiger partial charge is 0.462 e. The van der Waals surface area contributed by atoms with Crippen LogP contribution in [0.1, 0.15) is 47.0 Å². The summed E-state index contributed by atoms with van der Waals surface area (Å²) in [6.45, 7) is 12.4. The minimum absolute atomic E-state index is 0.00556. The lowest BCUT2D eigenvalue weighted by Gasteiger charge is -2.42. The van der Waals surface area contributed by atoms with Crippen molar-refractivity contribution < 1.29 is 19.1 Å². The molecule has 0 aromatic heterocycles. The molecule has 0 saturated heterocycles. The van der Waals surface area contributed by atoms with Crippen molar-refractivity contribution in [3.63, 3.8) is 0 Å². The average molecular weight is 288 g/mol. The molecule has 3 atom stereocenters. The summed E-state index contributed by atoms with van der Waals surface area (Å²) in [5.41, 5.74) is 0. The van der Waals surface area contributed by atoms with Crippen molar-refractivity contribution in [1.82, 2.24) is 0 Å². The van der Waals surface area contributed by atoms with Gasteiger partial charge in [-0.25, -0.2) is 0 Å². The summed E-state index contributed by atoms with van der Waals surface area (Å²) in [7, 11) is -1.84. The van der Waals surface area contributed by atoms with E-state index in [1.54, 1.807) is 0 Å². The van der Waals surface area contributed by atoms with Crippen LogP contribution in [0.15, 0.2) is 0 Å². The Morgan fingerprint density at radius 3 is 2.16 bits per heavy atom. The first-order chi connectivity index (χ1) is 8.51. The molecule has 1 aliphatic carbocycles. The fourth-order valence-corrected chi connectivity index (χ4v) is 3.59. The Labute approximate surface area is 117 Å². The van der Waals surface area contributed by atoms with Crippen LogP contribution in [0.2, 0.25) is 18.1 Å². The van der Waals surface area contributed by atoms with E-state index in [4.69, 9.17) is 9.16 Å². The third-order valence-corrected chi connectivity index (χ3v) is 8.73. The van der Waals surface area contributed by atoms with Gasteiger partial charge in [-0.1, -0.05) is 20.8 Å². The normalized spacial score (nSPS) is 29.1. The zero-order chi connectivity index (χ0) is 14.8. The van der Waals surface area contributed by atoms with E-state index in [0.717, 1.165) is 0 Å². The van der Waals surface area contributed by atoms with Crippen molar-refractivity contribution >= 4 is 14.3 Å². The van der Waals surface area contributed by atoms with E-state index in [1.165, 1.54) is 6.92 Å². The maximum absolute atomic E-state index is 11.0. The van der Waals surface area contributed by atoms with E-state index >= 15 is 0 Å². The van der Waals surface area contributed by atoms with Crippen molar-refractivity contribution in [2.75, 3.05) is 0 Å². The molecule has 1 N–H and O–H groups in total. The van der Waals surface area contributed by atoms with Crippen molar-refractivity contribution in [1.29, 1.82) is 0 Å². The Bertz CT molecular complexity index is 322. The van der Waals surface area contributed by atoms with Gasteiger partial charge in [-0.05, 0) is 24.6 Å². The predicted molar refractivity (Wildman–Crippen MR) is 77.5 cm³/mol. The molecule has 112 valence electrons. The van der Waals surface area contributed by atoms with Gasteiger partial charge in [-0.3, -0.25) is 4.79 Å². The van der Waals surface area contributed by atoms with Crippen LogP contribution in [0.4, 0.5) is 0 Å². The highest BCUT2D eigenvalue weighted by Gasteiger charge is 2.41. The fourth-order valence-electron chi connectivity index (χ4n) is 2.21. The molecule has 1 saturated carbocycles. The first-order valence-corrected chi connectivity index (χ1v) is 9.95. The molecule has 0 heterocycles. The summed E-state index contributed by atoms with van der Waals surface area (Å²) in [5.74, 6) is -0.287. The average Bonchev–Trinajstić information content (AvgIpc) is 2.11. The molecule has 4 nitrogen and oxygen atoms in total. The zero-order valence-electron chi connectivity index (χ0n) is 13.0. The van der Waals surface area contributed by atoms with E-state index in [1.807, 2.05) is 0 Å². The quantitative estimate of drug-likeness (QED) is 0.641. The molecular formula is C14H28O4Si. The van der Waals surface area contributed by atoms with Crippen molar-refractivity contribution in [3.05, 3.63) is 0 Å². The first-order valence-electron chi connectivity index (χ1n) is 7.04. The fraction of sp³-hybridized carbons (Fsp3) is 0.929. The first kappa shape index (κ1) is 16.7. The zero-order valence-corrected chi connectivity index (χ0v) is 14.0. The molecule has 0 aromatic rings. The number of aliphatic hydroxyl groups excluding tert-OH is 1. The van der Waals surface area contributed by atoms with Gasteiger partial charge in [-0.2, -0.15) is 0 Å². The lowest BCUT2D eigenvalue weighted by atomic mass is 9.92. The second-order valence-corrected chi connectivity index (χ2v) is 11.8. The molecule has 0 amide bonds. The Balaban J connectivity index is 2.65. The van der Waals surface area contributed by atoms with Crippen LogP contribution in [0.5, 0.6) is 0 Å². The monoisotopic (exact) mass is 288 g/mol. The topological polar surface area (TPSA) is 55.8 Å². The van der Waals surface area contributed by atoms with Gasteiger partial charge < -0.3 is 14.3 Å². The summed E-state index contributed by atoms with van der Waals surface area (Å²) in [6.07, 6.45) is 1.21. The highest BCUT2D eigenvalue weighted by molar-refractivity contribution is 6.74. The second-order valence-electron chi connectivity index (χ2n) is 7.09. The summed E-state index contributed by atoms with van der Waals surface area (Å²) in [6, 6.07) is 0. The van der Waals surface area contributed by atoms with Crippen molar-refractivity contribution in [3.8, 4) is 0 Å². The third kappa shape index (κ3) is 4.89. The van der Waals surface area contributed by atoms with E-state index < -0.39 is 14.4 Å². The number of hydrogen-bond donors (Lipinski definition) is 1. The van der Waals surface area contributed by atoms with E-state index in [0.29, 0.717) is 19.3 Å². The van der Waals surface area contributed by atoms with Gasteiger partial charge in [0, 0.05) is 19.8 Å². The maximum Gasteiger partial charge on any atom is 0.302 e. The number of ether oxygens (including phenoxy) is 1. The van der Waals surface area contributed by atoms with Gasteiger partial charge in [0.15, 0.2) is 8.32 Å². The smallest absolute Gasteiger partial charge is 0.302 e. The number of carbonyl (C=O) groups is 1. The SMILES string of the molecule is CC(=O)O[C@@H]1C[C@@H](O)C[C@@H](O[Si](C)(C)C(C)(C)C)C1. The molecule has 0 aliphatic heterocycles. The molecule has 0 radical (unpaired) electrons. The Morgan fingerprint density at radius 1 is 1.16 bits per heavy atom. The van der Waals surface area contributed by atoms with E-state index in [2.05, 4.69) is 33.9 Å². The molecule has 0 aromatic carbocycles. The lowest BCUT2D eigenvalue weighted by Crippen LogP contribution is -2.47. The van der Waals surface area contributed by atoms with Gasteiger partial charge in [0.1, 0.15) is 6.10 Å². The molecule has 0 bridgehead atoms. The van der Waals surface area contributed by atoms with Crippen LogP contribution in [0.25, 0.3) is 0 Å². The van der Waals surface area contributed by atoms with Gasteiger partial charge in [-0.15, -0.1) is 0 Å². The van der Waals surface area contributed by atoms with Crippen molar-refractivity contribution in [2.45, 2.75) is 83.4 Å². The Morgan fingerprint density at radius 2 is 1.68 bits per heavy atom. The maximum atomic E-state index is 11.0. The van der Waals surface area contributed by atoms with Crippen LogP contribution in [-0.4, -0.2) is 37.7 Å². The van der Waals surface area contributed by atoms with Gasteiger partial charge in [0.05, 0.1) is 12.2 Å². The Hall–Kier alpha value is -0.393. The molecular weight excluding hydrogens is 260 g/mol. The predicted octanol–water partition coefficient (Wildman–Crippen LogP) is 2.85.